The molecule has 6 nitrogen and oxygen atoms in total. The Hall–Kier alpha value is -2.84. The van der Waals surface area contributed by atoms with Crippen molar-refractivity contribution in [2.45, 2.75) is 19.9 Å². The van der Waals surface area contributed by atoms with Gasteiger partial charge in [0.2, 0.25) is 0 Å². The number of anilines is 2. The van der Waals surface area contributed by atoms with Gasteiger partial charge in [0.1, 0.15) is 0 Å². The van der Waals surface area contributed by atoms with Gasteiger partial charge >= 0.3 is 7.55 Å². The van der Waals surface area contributed by atoms with Gasteiger partial charge in [-0.2, -0.15) is 0 Å². The van der Waals surface area contributed by atoms with E-state index in [1.54, 1.807) is 12.1 Å². The average molecular weight is 541 g/mol. The van der Waals surface area contributed by atoms with E-state index in [4.69, 9.17) is 23.2 Å². The molecule has 0 heterocycles. The summed E-state index contributed by atoms with van der Waals surface area (Å²) in [5.74, 6) is -0.585. The second kappa shape index (κ2) is 11.7. The quantitative estimate of drug-likeness (QED) is 0.346. The van der Waals surface area contributed by atoms with Crippen LogP contribution < -0.4 is 10.6 Å². The number of carbonyl (C=O) groups excluding carboxylic acids is 2. The molecular formula is C28H35BCl2N4O2+2. The number of benzene rings is 3. The third kappa shape index (κ3) is 8.34. The Morgan fingerprint density at radius 2 is 1.14 bits per heavy atom. The summed E-state index contributed by atoms with van der Waals surface area (Å²) in [5.41, 5.74) is 4.07. The summed E-state index contributed by atoms with van der Waals surface area (Å²) in [6, 6.07) is 18.0. The maximum Gasteiger partial charge on any atom is 0.657 e. The highest BCUT2D eigenvalue weighted by molar-refractivity contribution is 6.38. The van der Waals surface area contributed by atoms with Crippen molar-refractivity contribution < 1.29 is 18.4 Å². The zero-order valence-corrected chi connectivity index (χ0v) is 23.9. The molecule has 9 heteroatoms. The second-order valence-electron chi connectivity index (χ2n) is 11.0. The van der Waals surface area contributed by atoms with E-state index in [0.717, 1.165) is 40.4 Å². The van der Waals surface area contributed by atoms with Crippen molar-refractivity contribution in [3.63, 3.8) is 0 Å². The Balaban J connectivity index is 1.67. The number of aryl methyl sites for hydroxylation is 1. The van der Waals surface area contributed by atoms with Crippen molar-refractivity contribution >= 4 is 53.9 Å². The van der Waals surface area contributed by atoms with Crippen LogP contribution in [0.1, 0.15) is 38.8 Å². The highest BCUT2D eigenvalue weighted by atomic mass is 35.5. The van der Waals surface area contributed by atoms with E-state index in [-0.39, 0.29) is 21.9 Å². The van der Waals surface area contributed by atoms with Gasteiger partial charge in [-0.25, -0.2) is 0 Å². The largest absolute Gasteiger partial charge is 0.657 e. The fraction of sp³-hybridized carbons (Fsp3) is 0.286. The van der Waals surface area contributed by atoms with Crippen LogP contribution in [0, 0.1) is 0 Å². The van der Waals surface area contributed by atoms with Crippen LogP contribution in [-0.4, -0.2) is 63.4 Å². The van der Waals surface area contributed by atoms with Gasteiger partial charge in [0.15, 0.2) is 0 Å². The van der Waals surface area contributed by atoms with Gasteiger partial charge in [0.25, 0.3) is 11.8 Å². The van der Waals surface area contributed by atoms with Crippen LogP contribution in [0.15, 0.2) is 60.7 Å². The number of rotatable bonds is 9. The van der Waals surface area contributed by atoms with Gasteiger partial charge in [-0.05, 0) is 48.4 Å². The molecule has 0 saturated heterocycles. The van der Waals surface area contributed by atoms with Crippen LogP contribution in [0.25, 0.3) is 0 Å². The third-order valence-corrected chi connectivity index (χ3v) is 6.44. The molecule has 3 aromatic rings. The SMILES string of the molecule is CCc1ccc(C(=O)Nc2cc(Cl)c(NC(=O)c3ccc(C[N+](C)(C)B[N+](C)(C)C)cc3)cc2Cl)cc1. The first-order valence-electron chi connectivity index (χ1n) is 12.2. The Labute approximate surface area is 230 Å². The summed E-state index contributed by atoms with van der Waals surface area (Å²) in [7, 11) is 11.9. The van der Waals surface area contributed by atoms with Gasteiger partial charge in [-0.1, -0.05) is 54.4 Å². The molecule has 0 aliphatic rings. The molecule has 0 aliphatic carbocycles. The van der Waals surface area contributed by atoms with Gasteiger partial charge in [0, 0.05) is 16.7 Å². The zero-order valence-electron chi connectivity index (χ0n) is 22.4. The summed E-state index contributed by atoms with van der Waals surface area (Å²) in [6.45, 7) is 2.91. The van der Waals surface area contributed by atoms with Crippen LogP contribution >= 0.6 is 23.2 Å². The van der Waals surface area contributed by atoms with Crippen molar-refractivity contribution in [1.82, 2.24) is 0 Å². The average Bonchev–Trinajstić information content (AvgIpc) is 2.80. The predicted octanol–water partition coefficient (Wildman–Crippen LogP) is 5.61. The third-order valence-electron chi connectivity index (χ3n) is 5.81. The van der Waals surface area contributed by atoms with Crippen LogP contribution in [0.4, 0.5) is 11.4 Å². The summed E-state index contributed by atoms with van der Waals surface area (Å²) in [5, 5.41) is 6.14. The first-order chi connectivity index (χ1) is 17.3. The van der Waals surface area contributed by atoms with E-state index >= 15 is 0 Å². The number of nitrogens with one attached hydrogen (secondary N) is 2. The summed E-state index contributed by atoms with van der Waals surface area (Å²) in [4.78, 5) is 25.5. The minimum atomic E-state index is -0.294. The van der Waals surface area contributed by atoms with E-state index in [2.05, 4.69) is 52.8 Å². The highest BCUT2D eigenvalue weighted by Crippen LogP contribution is 2.33. The Morgan fingerprint density at radius 3 is 1.51 bits per heavy atom. The lowest BCUT2D eigenvalue weighted by atomic mass is 9.97. The molecule has 0 spiro atoms. The van der Waals surface area contributed by atoms with Crippen molar-refractivity contribution in [3.05, 3.63) is 93.0 Å². The number of amides is 2. The Kier molecular flexibility index (Phi) is 9.08. The van der Waals surface area contributed by atoms with E-state index in [1.807, 2.05) is 36.4 Å². The molecule has 0 fully saturated rings. The molecule has 2 amide bonds. The molecule has 0 radical (unpaired) electrons. The van der Waals surface area contributed by atoms with Crippen LogP contribution in [0.3, 0.4) is 0 Å². The van der Waals surface area contributed by atoms with Crippen molar-refractivity contribution in [1.29, 1.82) is 0 Å². The molecule has 37 heavy (non-hydrogen) atoms. The number of quaternary nitrogens is 2. The summed E-state index contributed by atoms with van der Waals surface area (Å²) >= 11 is 12.8. The minimum Gasteiger partial charge on any atom is -0.345 e. The number of hydrogen-bond donors (Lipinski definition) is 2. The molecule has 0 aliphatic heterocycles. The van der Waals surface area contributed by atoms with E-state index in [9.17, 15) is 9.59 Å². The molecule has 2 N–H and O–H groups in total. The van der Waals surface area contributed by atoms with E-state index in [0.29, 0.717) is 22.5 Å². The number of nitrogens with zero attached hydrogens (tertiary/aromatic N) is 2. The first kappa shape index (κ1) is 28.7. The minimum absolute atomic E-state index is 0.269. The van der Waals surface area contributed by atoms with E-state index in [1.165, 1.54) is 12.1 Å². The summed E-state index contributed by atoms with van der Waals surface area (Å²) < 4.78 is 1.70. The number of hydrogen-bond acceptors (Lipinski definition) is 2. The molecule has 3 aromatic carbocycles. The van der Waals surface area contributed by atoms with E-state index < -0.39 is 0 Å². The molecule has 0 aromatic heterocycles. The van der Waals surface area contributed by atoms with Gasteiger partial charge in [-0.15, -0.1) is 0 Å². The standard InChI is InChI=1S/C28H33BCl2N4O2/c1-7-19-8-12-21(13-9-19)27(36)32-25-16-24(31)26(17-23(25)30)33-28(37)22-14-10-20(11-15-22)18-35(5,6)29-34(2,3)4/h8-17,29H,7,18H2,1-6H3/p+2. The topological polar surface area (TPSA) is 58.2 Å². The maximum absolute atomic E-state index is 12.9. The molecule has 3 rings (SSSR count). The van der Waals surface area contributed by atoms with Crippen LogP contribution in [-0.2, 0) is 13.0 Å². The van der Waals surface area contributed by atoms with Crippen molar-refractivity contribution in [3.8, 4) is 0 Å². The molecule has 0 unspecified atom stereocenters. The van der Waals surface area contributed by atoms with Gasteiger partial charge in [-0.3, -0.25) is 9.59 Å². The Bertz CT molecular complexity index is 1270. The van der Waals surface area contributed by atoms with Crippen LogP contribution in [0.5, 0.6) is 0 Å². The smallest absolute Gasteiger partial charge is 0.345 e. The monoisotopic (exact) mass is 540 g/mol. The van der Waals surface area contributed by atoms with Gasteiger partial charge < -0.3 is 19.4 Å². The molecule has 194 valence electrons. The summed E-state index contributed by atoms with van der Waals surface area (Å²) in [6.07, 6.45) is 0.898. The predicted molar refractivity (Wildman–Crippen MR) is 156 cm³/mol. The molecular weight excluding hydrogens is 506 g/mol. The lowest BCUT2D eigenvalue weighted by Crippen LogP contribution is -2.56. The number of carbonyl (C=O) groups is 2. The zero-order chi connectivity index (χ0) is 27.4. The molecule has 0 saturated carbocycles. The normalized spacial score (nSPS) is 11.7. The lowest BCUT2D eigenvalue weighted by Gasteiger charge is -2.34. The van der Waals surface area contributed by atoms with Crippen LogP contribution in [0.2, 0.25) is 10.0 Å². The fourth-order valence-corrected chi connectivity index (χ4v) is 4.90. The molecule has 0 atom stereocenters. The fourth-order valence-electron chi connectivity index (χ4n) is 4.47. The Morgan fingerprint density at radius 1 is 0.730 bits per heavy atom. The number of halogens is 2. The van der Waals surface area contributed by atoms with Gasteiger partial charge in [0.05, 0.1) is 63.2 Å². The first-order valence-corrected chi connectivity index (χ1v) is 12.9. The second-order valence-corrected chi connectivity index (χ2v) is 11.8. The lowest BCUT2D eigenvalue weighted by molar-refractivity contribution is -0.888. The highest BCUT2D eigenvalue weighted by Gasteiger charge is 2.31. The van der Waals surface area contributed by atoms with Crippen molar-refractivity contribution in [2.24, 2.45) is 0 Å². The maximum atomic E-state index is 12.9. The van der Waals surface area contributed by atoms with Crippen molar-refractivity contribution in [2.75, 3.05) is 45.9 Å². The molecule has 0 bridgehead atoms.